The van der Waals surface area contributed by atoms with Crippen molar-refractivity contribution in [2.24, 2.45) is 5.73 Å². The van der Waals surface area contributed by atoms with Crippen LogP contribution >= 0.6 is 11.3 Å². The highest BCUT2D eigenvalue weighted by atomic mass is 32.1. The highest BCUT2D eigenvalue weighted by Crippen LogP contribution is 2.40. The molecule has 0 aliphatic heterocycles. The third-order valence-electron chi connectivity index (χ3n) is 6.32. The maximum absolute atomic E-state index is 15.0. The van der Waals surface area contributed by atoms with Gasteiger partial charge in [-0.05, 0) is 49.6 Å². The topological polar surface area (TPSA) is 119 Å². The number of carbonyl (C=O) groups excluding carboxylic acids is 1. The number of carboxylic acid groups (broad SMARTS) is 1. The summed E-state index contributed by atoms with van der Waals surface area (Å²) in [6, 6.07) is 6.44. The van der Waals surface area contributed by atoms with Crippen LogP contribution in [0.4, 0.5) is 33.2 Å². The Morgan fingerprint density at radius 3 is 2.46 bits per heavy atom. The summed E-state index contributed by atoms with van der Waals surface area (Å²) < 4.78 is 62.5. The second-order valence-corrected chi connectivity index (χ2v) is 10.8. The third-order valence-corrected chi connectivity index (χ3v) is 7.15. The van der Waals surface area contributed by atoms with Crippen molar-refractivity contribution in [2.45, 2.75) is 70.5 Å². The van der Waals surface area contributed by atoms with Gasteiger partial charge in [0.1, 0.15) is 17.8 Å². The quantitative estimate of drug-likeness (QED) is 0.156. The van der Waals surface area contributed by atoms with Crippen molar-refractivity contribution < 1.29 is 37.0 Å². The van der Waals surface area contributed by atoms with E-state index < -0.39 is 41.1 Å². The molecule has 41 heavy (non-hydrogen) atoms. The number of carboxylic acids is 1. The van der Waals surface area contributed by atoms with Crippen LogP contribution in [0.25, 0.3) is 11.3 Å². The monoisotopic (exact) mass is 596 g/mol. The number of pyridine rings is 1. The molecule has 1 aromatic carbocycles. The Labute approximate surface area is 239 Å². The van der Waals surface area contributed by atoms with Gasteiger partial charge in [0.15, 0.2) is 0 Å². The lowest BCUT2D eigenvalue weighted by Crippen LogP contribution is -2.50. The predicted molar refractivity (Wildman–Crippen MR) is 148 cm³/mol. The van der Waals surface area contributed by atoms with Gasteiger partial charge >= 0.3 is 18.2 Å². The fraction of sp³-hybridized carbons (Fsp3) is 0.429. The molecule has 1 unspecified atom stereocenters. The van der Waals surface area contributed by atoms with Crippen LogP contribution in [-0.2, 0) is 22.1 Å². The Balaban J connectivity index is 2.00. The average Bonchev–Trinajstić information content (AvgIpc) is 3.30. The highest BCUT2D eigenvalue weighted by molar-refractivity contribution is 7.14. The molecule has 3 rings (SSSR count). The molecule has 0 spiro atoms. The summed E-state index contributed by atoms with van der Waals surface area (Å²) in [7, 11) is 0. The van der Waals surface area contributed by atoms with Gasteiger partial charge in [-0.1, -0.05) is 56.4 Å². The molecular formula is C28H32F4N4O4S. The van der Waals surface area contributed by atoms with E-state index >= 15 is 0 Å². The van der Waals surface area contributed by atoms with E-state index in [-0.39, 0.29) is 34.1 Å². The van der Waals surface area contributed by atoms with Crippen molar-refractivity contribution in [3.05, 3.63) is 59.0 Å². The molecule has 222 valence electrons. The first-order valence-corrected chi connectivity index (χ1v) is 13.9. The van der Waals surface area contributed by atoms with Crippen molar-refractivity contribution in [2.75, 3.05) is 11.5 Å². The first kappa shape index (κ1) is 31.9. The van der Waals surface area contributed by atoms with Crippen molar-refractivity contribution >= 4 is 34.2 Å². The number of nitrogens with two attached hydrogens (primary N) is 1. The molecule has 0 radical (unpaired) electrons. The van der Waals surface area contributed by atoms with Gasteiger partial charge in [0.05, 0.1) is 11.3 Å². The zero-order valence-electron chi connectivity index (χ0n) is 22.7. The van der Waals surface area contributed by atoms with E-state index in [1.165, 1.54) is 30.6 Å². The lowest BCUT2D eigenvalue weighted by molar-refractivity contribution is -0.144. The van der Waals surface area contributed by atoms with Gasteiger partial charge in [-0.3, -0.25) is 9.78 Å². The lowest BCUT2D eigenvalue weighted by atomic mass is 9.99. The van der Waals surface area contributed by atoms with Crippen molar-refractivity contribution in [3.8, 4) is 11.3 Å². The standard InChI is InChI=1S/C28H32F4N4O4S/c1-3-4-5-6-7-8-10-18-12-13-20(15-21(18)28(30,31)32)36(26(39)40-17-27(2,33)24(37)38)25-35-22(23(29)41-25)19-11-9-14-34-16-19/h9,11-16H,3-8,10,17,33H2,1-2H3,(H,37,38). The SMILES string of the molecule is CCCCCCCCc1ccc(N(C(=O)OCC(C)(N)C(=O)O)c2nc(-c3cccnc3)c(F)s2)cc1C(F)(F)F. The van der Waals surface area contributed by atoms with E-state index in [0.29, 0.717) is 22.7 Å². The van der Waals surface area contributed by atoms with Gasteiger partial charge in [0.25, 0.3) is 0 Å². The minimum absolute atomic E-state index is 0.0619. The zero-order valence-corrected chi connectivity index (χ0v) is 23.5. The molecule has 0 aliphatic carbocycles. The number of hydrogen-bond acceptors (Lipinski definition) is 7. The predicted octanol–water partition coefficient (Wildman–Crippen LogP) is 7.34. The van der Waals surface area contributed by atoms with Crippen molar-refractivity contribution in [3.63, 3.8) is 0 Å². The van der Waals surface area contributed by atoms with Gasteiger partial charge < -0.3 is 15.6 Å². The summed E-state index contributed by atoms with van der Waals surface area (Å²) in [5, 5.41) is 8.13. The molecule has 0 bridgehead atoms. The molecule has 1 atom stereocenters. The molecular weight excluding hydrogens is 564 g/mol. The van der Waals surface area contributed by atoms with Crippen LogP contribution in [0.3, 0.4) is 0 Å². The number of alkyl halides is 3. The molecule has 0 saturated carbocycles. The van der Waals surface area contributed by atoms with Crippen LogP contribution in [0.1, 0.15) is 63.5 Å². The minimum atomic E-state index is -4.74. The Kier molecular flexibility index (Phi) is 10.8. The molecule has 3 N–H and O–H groups in total. The Bertz CT molecular complexity index is 1330. The number of carbonyl (C=O) groups is 2. The number of amides is 1. The number of anilines is 2. The summed E-state index contributed by atoms with van der Waals surface area (Å²) in [4.78, 5) is 33.3. The number of ether oxygens (including phenoxy) is 1. The lowest BCUT2D eigenvalue weighted by Gasteiger charge is -2.24. The molecule has 3 aromatic rings. The fourth-order valence-electron chi connectivity index (χ4n) is 3.98. The normalized spacial score (nSPS) is 13.0. The molecule has 1 amide bonds. The number of hydrogen-bond donors (Lipinski definition) is 2. The van der Waals surface area contributed by atoms with Crippen LogP contribution < -0.4 is 10.6 Å². The maximum atomic E-state index is 15.0. The number of aliphatic carboxylic acids is 1. The van der Waals surface area contributed by atoms with E-state index in [0.717, 1.165) is 45.1 Å². The van der Waals surface area contributed by atoms with E-state index in [9.17, 15) is 32.3 Å². The van der Waals surface area contributed by atoms with E-state index in [4.69, 9.17) is 10.5 Å². The largest absolute Gasteiger partial charge is 0.480 e. The first-order chi connectivity index (χ1) is 19.3. The number of aromatic nitrogens is 2. The minimum Gasteiger partial charge on any atom is -0.480 e. The summed E-state index contributed by atoms with van der Waals surface area (Å²) in [5.41, 5.74) is 2.63. The summed E-state index contributed by atoms with van der Waals surface area (Å²) in [5.74, 6) is -1.46. The van der Waals surface area contributed by atoms with Gasteiger partial charge in [0, 0.05) is 18.0 Å². The summed E-state index contributed by atoms with van der Waals surface area (Å²) in [6.45, 7) is 2.38. The number of thiazole rings is 1. The molecule has 2 heterocycles. The average molecular weight is 597 g/mol. The van der Waals surface area contributed by atoms with Crippen LogP contribution in [0.5, 0.6) is 0 Å². The zero-order chi connectivity index (χ0) is 30.2. The van der Waals surface area contributed by atoms with Crippen LogP contribution in [0.2, 0.25) is 0 Å². The van der Waals surface area contributed by atoms with Crippen molar-refractivity contribution in [1.29, 1.82) is 0 Å². The van der Waals surface area contributed by atoms with Crippen molar-refractivity contribution in [1.82, 2.24) is 9.97 Å². The van der Waals surface area contributed by atoms with Gasteiger partial charge in [-0.15, -0.1) is 0 Å². The van der Waals surface area contributed by atoms with Crippen LogP contribution in [-0.4, -0.2) is 39.3 Å². The highest BCUT2D eigenvalue weighted by Gasteiger charge is 2.36. The molecule has 0 saturated heterocycles. The Morgan fingerprint density at radius 2 is 1.83 bits per heavy atom. The smallest absolute Gasteiger partial charge is 0.420 e. The number of rotatable bonds is 13. The van der Waals surface area contributed by atoms with Crippen LogP contribution in [0, 0.1) is 5.13 Å². The number of aryl methyl sites for hydroxylation is 1. The third kappa shape index (κ3) is 8.46. The number of halogens is 4. The van der Waals surface area contributed by atoms with Crippen LogP contribution in [0.15, 0.2) is 42.7 Å². The fourth-order valence-corrected chi connectivity index (χ4v) is 4.81. The maximum Gasteiger partial charge on any atom is 0.420 e. The molecule has 13 heteroatoms. The molecule has 2 aromatic heterocycles. The Morgan fingerprint density at radius 1 is 1.12 bits per heavy atom. The van der Waals surface area contributed by atoms with Gasteiger partial charge in [0.2, 0.25) is 10.3 Å². The summed E-state index contributed by atoms with van der Waals surface area (Å²) >= 11 is 0.412. The molecule has 8 nitrogen and oxygen atoms in total. The molecule has 0 aliphatic rings. The number of benzene rings is 1. The van der Waals surface area contributed by atoms with E-state index in [1.807, 2.05) is 0 Å². The molecule has 0 fully saturated rings. The summed E-state index contributed by atoms with van der Waals surface area (Å²) in [6.07, 6.45) is 2.42. The number of unbranched alkanes of at least 4 members (excludes halogenated alkanes) is 5. The first-order valence-electron chi connectivity index (χ1n) is 13.1. The van der Waals surface area contributed by atoms with Gasteiger partial charge in [-0.2, -0.15) is 17.6 Å². The second kappa shape index (κ2) is 13.9. The number of nitrogens with zero attached hydrogens (tertiary/aromatic N) is 3. The van der Waals surface area contributed by atoms with Gasteiger partial charge in [-0.25, -0.2) is 14.7 Å². The van der Waals surface area contributed by atoms with E-state index in [2.05, 4.69) is 16.9 Å². The van der Waals surface area contributed by atoms with E-state index in [1.54, 1.807) is 6.07 Å². The Hall–Kier alpha value is -3.58. The second-order valence-electron chi connectivity index (χ2n) is 9.83.